The molecule has 0 aromatic carbocycles. The van der Waals surface area contributed by atoms with Gasteiger partial charge in [-0.05, 0) is 6.92 Å². The topological polar surface area (TPSA) is 35.5 Å². The molecule has 0 aliphatic carbocycles. The van der Waals surface area contributed by atoms with E-state index in [1.165, 1.54) is 0 Å². The minimum Gasteiger partial charge on any atom is -0.379 e. The fourth-order valence-electron chi connectivity index (χ4n) is 0.362. The number of methoxy groups -OCH3 is 1. The standard InChI is InChI=1S/C6H13BrO3S/c1-6(9-2)5-10-11(8)4-3-7/h6H,3-5H2,1-2H3. The molecule has 2 atom stereocenters. The van der Waals surface area contributed by atoms with Crippen LogP contribution in [0.1, 0.15) is 6.92 Å². The molecule has 0 aliphatic heterocycles. The molecule has 0 aromatic rings. The Morgan fingerprint density at radius 2 is 2.27 bits per heavy atom. The van der Waals surface area contributed by atoms with Gasteiger partial charge in [0.05, 0.1) is 18.5 Å². The monoisotopic (exact) mass is 244 g/mol. The normalized spacial score (nSPS) is 16.3. The predicted octanol–water partition coefficient (Wildman–Crippen LogP) is 1.10. The minimum absolute atomic E-state index is 0.00859. The van der Waals surface area contributed by atoms with Crippen LogP contribution in [-0.4, -0.2) is 35.1 Å². The number of hydrogen-bond acceptors (Lipinski definition) is 3. The first-order valence-electron chi connectivity index (χ1n) is 3.31. The lowest BCUT2D eigenvalue weighted by molar-refractivity contribution is 0.0768. The molecule has 0 heterocycles. The molecule has 0 saturated carbocycles. The lowest BCUT2D eigenvalue weighted by Crippen LogP contribution is -2.16. The molecule has 3 nitrogen and oxygen atoms in total. The zero-order valence-corrected chi connectivity index (χ0v) is 9.11. The smallest absolute Gasteiger partial charge is 0.156 e. The van der Waals surface area contributed by atoms with Gasteiger partial charge >= 0.3 is 0 Å². The Morgan fingerprint density at radius 1 is 1.64 bits per heavy atom. The van der Waals surface area contributed by atoms with Gasteiger partial charge in [-0.2, -0.15) is 0 Å². The quantitative estimate of drug-likeness (QED) is 0.657. The minimum atomic E-state index is -1.17. The number of alkyl halides is 1. The Balaban J connectivity index is 3.30. The van der Waals surface area contributed by atoms with Gasteiger partial charge < -0.3 is 4.74 Å². The summed E-state index contributed by atoms with van der Waals surface area (Å²) in [5.74, 6) is 0.524. The van der Waals surface area contributed by atoms with E-state index in [9.17, 15) is 4.21 Å². The number of halogens is 1. The van der Waals surface area contributed by atoms with Crippen molar-refractivity contribution >= 4 is 27.0 Å². The van der Waals surface area contributed by atoms with Crippen molar-refractivity contribution in [3.05, 3.63) is 0 Å². The molecule has 5 heteroatoms. The molecule has 0 amide bonds. The van der Waals surface area contributed by atoms with E-state index in [0.29, 0.717) is 17.7 Å². The molecule has 0 bridgehead atoms. The lowest BCUT2D eigenvalue weighted by atomic mass is 10.4. The van der Waals surface area contributed by atoms with Gasteiger partial charge in [0.1, 0.15) is 0 Å². The van der Waals surface area contributed by atoms with E-state index in [1.807, 2.05) is 6.92 Å². The number of ether oxygens (including phenoxy) is 1. The molecule has 68 valence electrons. The second kappa shape index (κ2) is 7.21. The molecule has 0 aliphatic rings. The highest BCUT2D eigenvalue weighted by Crippen LogP contribution is 1.94. The van der Waals surface area contributed by atoms with Gasteiger partial charge in [0.25, 0.3) is 0 Å². The summed E-state index contributed by atoms with van der Waals surface area (Å²) in [7, 11) is 1.60. The Bertz CT molecular complexity index is 120. The Morgan fingerprint density at radius 3 is 2.73 bits per heavy atom. The van der Waals surface area contributed by atoms with Gasteiger partial charge in [-0.1, -0.05) is 15.9 Å². The third-order valence-electron chi connectivity index (χ3n) is 1.08. The van der Waals surface area contributed by atoms with E-state index in [2.05, 4.69) is 15.9 Å². The maximum Gasteiger partial charge on any atom is 0.156 e. The van der Waals surface area contributed by atoms with Crippen LogP contribution >= 0.6 is 15.9 Å². The van der Waals surface area contributed by atoms with Crippen LogP contribution in [0.4, 0.5) is 0 Å². The fraction of sp³-hybridized carbons (Fsp3) is 1.00. The van der Waals surface area contributed by atoms with Gasteiger partial charge in [0.2, 0.25) is 0 Å². The van der Waals surface area contributed by atoms with Crippen LogP contribution < -0.4 is 0 Å². The summed E-state index contributed by atoms with van der Waals surface area (Å²) < 4.78 is 20.7. The molecular formula is C6H13BrO3S. The molecule has 0 N–H and O–H groups in total. The molecule has 2 unspecified atom stereocenters. The van der Waals surface area contributed by atoms with Crippen molar-refractivity contribution in [2.75, 3.05) is 24.8 Å². The molecule has 0 aromatic heterocycles. The van der Waals surface area contributed by atoms with E-state index in [-0.39, 0.29) is 6.10 Å². The first-order valence-corrected chi connectivity index (χ1v) is 5.67. The summed E-state index contributed by atoms with van der Waals surface area (Å²) in [5, 5.41) is 0.695. The second-order valence-electron chi connectivity index (χ2n) is 2.03. The zero-order chi connectivity index (χ0) is 8.69. The molecule has 0 rings (SSSR count). The summed E-state index contributed by atoms with van der Waals surface area (Å²) in [4.78, 5) is 0. The van der Waals surface area contributed by atoms with Crippen LogP contribution in [0.15, 0.2) is 0 Å². The maximum absolute atomic E-state index is 10.9. The number of rotatable bonds is 6. The van der Waals surface area contributed by atoms with Crippen molar-refractivity contribution < 1.29 is 13.1 Å². The molecule has 0 fully saturated rings. The van der Waals surface area contributed by atoms with Gasteiger partial charge in [-0.3, -0.25) is 4.18 Å². The highest BCUT2D eigenvalue weighted by atomic mass is 79.9. The Labute approximate surface area is 78.2 Å². The van der Waals surface area contributed by atoms with Crippen LogP contribution in [-0.2, 0) is 20.0 Å². The van der Waals surface area contributed by atoms with Gasteiger partial charge in [-0.15, -0.1) is 0 Å². The SMILES string of the molecule is COC(C)COS(=O)CCBr. The zero-order valence-electron chi connectivity index (χ0n) is 6.71. The Hall–Kier alpha value is 0.550. The largest absolute Gasteiger partial charge is 0.379 e. The van der Waals surface area contributed by atoms with Crippen LogP contribution in [0.5, 0.6) is 0 Å². The molecule has 0 spiro atoms. The average molecular weight is 245 g/mol. The van der Waals surface area contributed by atoms with Crippen LogP contribution in [0.3, 0.4) is 0 Å². The van der Waals surface area contributed by atoms with Crippen LogP contribution in [0.2, 0.25) is 0 Å². The van der Waals surface area contributed by atoms with E-state index >= 15 is 0 Å². The third-order valence-corrected chi connectivity index (χ3v) is 2.94. The fourth-order valence-corrected chi connectivity index (χ4v) is 1.74. The van der Waals surface area contributed by atoms with Crippen molar-refractivity contribution in [1.29, 1.82) is 0 Å². The predicted molar refractivity (Wildman–Crippen MR) is 49.2 cm³/mol. The lowest BCUT2D eigenvalue weighted by Gasteiger charge is -2.07. The summed E-state index contributed by atoms with van der Waals surface area (Å²) >= 11 is 2.00. The molecule has 11 heavy (non-hydrogen) atoms. The van der Waals surface area contributed by atoms with E-state index in [1.54, 1.807) is 7.11 Å². The van der Waals surface area contributed by atoms with E-state index in [0.717, 1.165) is 0 Å². The van der Waals surface area contributed by atoms with Gasteiger partial charge in [0, 0.05) is 12.4 Å². The number of hydrogen-bond donors (Lipinski definition) is 0. The first kappa shape index (κ1) is 11.6. The average Bonchev–Trinajstić information content (AvgIpc) is 2.01. The van der Waals surface area contributed by atoms with Crippen molar-refractivity contribution in [3.63, 3.8) is 0 Å². The van der Waals surface area contributed by atoms with Gasteiger partial charge in [-0.25, -0.2) is 4.21 Å². The summed E-state index contributed by atoms with van der Waals surface area (Å²) in [6.07, 6.45) is 0.00859. The molecular weight excluding hydrogens is 232 g/mol. The van der Waals surface area contributed by atoms with Crippen molar-refractivity contribution in [1.82, 2.24) is 0 Å². The Kier molecular flexibility index (Phi) is 7.57. The maximum atomic E-state index is 10.9. The van der Waals surface area contributed by atoms with Crippen LogP contribution in [0, 0.1) is 0 Å². The van der Waals surface area contributed by atoms with E-state index in [4.69, 9.17) is 8.92 Å². The van der Waals surface area contributed by atoms with E-state index < -0.39 is 11.1 Å². The highest BCUT2D eigenvalue weighted by Gasteiger charge is 2.03. The van der Waals surface area contributed by atoms with Crippen molar-refractivity contribution in [2.45, 2.75) is 13.0 Å². The molecule has 0 radical (unpaired) electrons. The third kappa shape index (κ3) is 6.93. The van der Waals surface area contributed by atoms with Gasteiger partial charge in [0.15, 0.2) is 11.1 Å². The van der Waals surface area contributed by atoms with Crippen molar-refractivity contribution in [2.24, 2.45) is 0 Å². The summed E-state index contributed by atoms with van der Waals surface area (Å²) in [6, 6.07) is 0. The summed E-state index contributed by atoms with van der Waals surface area (Å²) in [5.41, 5.74) is 0. The molecule has 0 saturated heterocycles. The summed E-state index contributed by atoms with van der Waals surface area (Å²) in [6.45, 7) is 2.25. The van der Waals surface area contributed by atoms with Crippen molar-refractivity contribution in [3.8, 4) is 0 Å². The van der Waals surface area contributed by atoms with Crippen LogP contribution in [0.25, 0.3) is 0 Å². The highest BCUT2D eigenvalue weighted by molar-refractivity contribution is 9.09. The first-order chi connectivity index (χ1) is 5.20. The second-order valence-corrected chi connectivity index (χ2v) is 4.07.